The van der Waals surface area contributed by atoms with Crippen molar-refractivity contribution in [1.29, 1.82) is 0 Å². The van der Waals surface area contributed by atoms with Gasteiger partial charge in [0.25, 0.3) is 0 Å². The number of carboxylic acids is 1. The predicted octanol–water partition coefficient (Wildman–Crippen LogP) is 0.931. The molecule has 1 amide bonds. The van der Waals surface area contributed by atoms with Gasteiger partial charge in [0.15, 0.2) is 0 Å². The molecule has 0 aliphatic rings. The van der Waals surface area contributed by atoms with Crippen molar-refractivity contribution in [3.05, 3.63) is 16.1 Å². The van der Waals surface area contributed by atoms with Gasteiger partial charge in [-0.1, -0.05) is 13.8 Å². The van der Waals surface area contributed by atoms with Crippen molar-refractivity contribution in [3.8, 4) is 0 Å². The van der Waals surface area contributed by atoms with Crippen LogP contribution in [0.3, 0.4) is 0 Å². The van der Waals surface area contributed by atoms with Gasteiger partial charge >= 0.3 is 5.97 Å². The van der Waals surface area contributed by atoms with E-state index < -0.39 is 12.0 Å². The maximum Gasteiger partial charge on any atom is 0.325 e. The lowest BCUT2D eigenvalue weighted by molar-refractivity contribution is -0.141. The molecule has 0 spiro atoms. The summed E-state index contributed by atoms with van der Waals surface area (Å²) in [6.07, 6.45) is 0.0684. The first kappa shape index (κ1) is 15.6. The topological polar surface area (TPSA) is 105 Å². The van der Waals surface area contributed by atoms with Gasteiger partial charge in [-0.2, -0.15) is 0 Å². The fourth-order valence-corrected chi connectivity index (χ4v) is 2.35. The molecule has 2 unspecified atom stereocenters. The predicted molar refractivity (Wildman–Crippen MR) is 72.8 cm³/mol. The summed E-state index contributed by atoms with van der Waals surface area (Å²) in [4.78, 5) is 26.5. The van der Waals surface area contributed by atoms with E-state index in [0.717, 1.165) is 5.01 Å². The molecule has 4 N–H and O–H groups in total. The molecule has 0 saturated heterocycles. The molecule has 1 rings (SSSR count). The van der Waals surface area contributed by atoms with Gasteiger partial charge in [-0.15, -0.1) is 11.3 Å². The van der Waals surface area contributed by atoms with E-state index in [9.17, 15) is 9.59 Å². The van der Waals surface area contributed by atoms with Crippen LogP contribution in [0.25, 0.3) is 0 Å². The van der Waals surface area contributed by atoms with Crippen molar-refractivity contribution in [2.24, 2.45) is 11.7 Å². The highest BCUT2D eigenvalue weighted by molar-refractivity contribution is 7.09. The SMILES string of the molecule is CC(NC(=O)Cc1csc(C(N)C(C)C)n1)C(=O)O. The van der Waals surface area contributed by atoms with Gasteiger partial charge in [0.1, 0.15) is 11.0 Å². The maximum atomic E-state index is 11.6. The summed E-state index contributed by atoms with van der Waals surface area (Å²) in [6.45, 7) is 5.43. The van der Waals surface area contributed by atoms with Crippen LogP contribution in [0.15, 0.2) is 5.38 Å². The number of carboxylic acid groups (broad SMARTS) is 1. The molecule has 1 heterocycles. The minimum atomic E-state index is -1.06. The Bertz CT molecular complexity index is 459. The highest BCUT2D eigenvalue weighted by atomic mass is 32.1. The lowest BCUT2D eigenvalue weighted by Crippen LogP contribution is -2.39. The van der Waals surface area contributed by atoms with E-state index in [1.165, 1.54) is 18.3 Å². The lowest BCUT2D eigenvalue weighted by Gasteiger charge is -2.11. The Morgan fingerprint density at radius 3 is 2.63 bits per heavy atom. The number of hydrogen-bond donors (Lipinski definition) is 3. The molecule has 106 valence electrons. The number of aliphatic carboxylic acids is 1. The zero-order valence-electron chi connectivity index (χ0n) is 11.2. The maximum absolute atomic E-state index is 11.6. The van der Waals surface area contributed by atoms with Crippen molar-refractivity contribution in [2.75, 3.05) is 0 Å². The second-order valence-corrected chi connectivity index (χ2v) is 5.64. The molecule has 0 aliphatic heterocycles. The second kappa shape index (κ2) is 6.63. The molecule has 0 bridgehead atoms. The Morgan fingerprint density at radius 1 is 1.47 bits per heavy atom. The summed E-state index contributed by atoms with van der Waals surface area (Å²) in [5, 5.41) is 13.6. The quantitative estimate of drug-likeness (QED) is 0.721. The van der Waals surface area contributed by atoms with Gasteiger partial charge in [-0.3, -0.25) is 9.59 Å². The molecule has 2 atom stereocenters. The highest BCUT2D eigenvalue weighted by Gasteiger charge is 2.17. The number of amides is 1. The van der Waals surface area contributed by atoms with Gasteiger partial charge in [-0.25, -0.2) is 4.98 Å². The Morgan fingerprint density at radius 2 is 2.11 bits per heavy atom. The zero-order valence-corrected chi connectivity index (χ0v) is 12.0. The third-order valence-electron chi connectivity index (χ3n) is 2.66. The van der Waals surface area contributed by atoms with Crippen LogP contribution in [-0.4, -0.2) is 28.0 Å². The van der Waals surface area contributed by atoms with E-state index in [2.05, 4.69) is 10.3 Å². The third-order valence-corrected chi connectivity index (χ3v) is 3.66. The Balaban J connectivity index is 2.59. The first-order chi connectivity index (χ1) is 8.81. The van der Waals surface area contributed by atoms with Gasteiger partial charge in [0.05, 0.1) is 18.2 Å². The number of nitrogens with one attached hydrogen (secondary N) is 1. The largest absolute Gasteiger partial charge is 0.480 e. The molecule has 1 aromatic rings. The first-order valence-electron chi connectivity index (χ1n) is 6.03. The van der Waals surface area contributed by atoms with Gasteiger partial charge in [0.2, 0.25) is 5.91 Å². The average Bonchev–Trinajstić information content (AvgIpc) is 2.75. The van der Waals surface area contributed by atoms with E-state index in [4.69, 9.17) is 10.8 Å². The normalized spacial score (nSPS) is 14.2. The summed E-state index contributed by atoms with van der Waals surface area (Å²) in [5.74, 6) is -1.14. The Labute approximate surface area is 116 Å². The molecule has 19 heavy (non-hydrogen) atoms. The second-order valence-electron chi connectivity index (χ2n) is 4.75. The zero-order chi connectivity index (χ0) is 14.6. The Kier molecular flexibility index (Phi) is 5.44. The summed E-state index contributed by atoms with van der Waals surface area (Å²) in [7, 11) is 0. The van der Waals surface area contributed by atoms with Gasteiger partial charge < -0.3 is 16.2 Å². The highest BCUT2D eigenvalue weighted by Crippen LogP contribution is 2.22. The van der Waals surface area contributed by atoms with Gasteiger partial charge in [0, 0.05) is 5.38 Å². The van der Waals surface area contributed by atoms with Crippen molar-refractivity contribution < 1.29 is 14.7 Å². The number of hydrogen-bond acceptors (Lipinski definition) is 5. The molecule has 7 heteroatoms. The van der Waals surface area contributed by atoms with Crippen LogP contribution < -0.4 is 11.1 Å². The third kappa shape index (κ3) is 4.60. The van der Waals surface area contributed by atoms with Crippen molar-refractivity contribution in [2.45, 2.75) is 39.3 Å². The molecule has 0 fully saturated rings. The Hall–Kier alpha value is -1.47. The molecule has 0 saturated carbocycles. The molecular weight excluding hydrogens is 266 g/mol. The van der Waals surface area contributed by atoms with Gasteiger partial charge in [-0.05, 0) is 12.8 Å². The summed E-state index contributed by atoms with van der Waals surface area (Å²) in [5.41, 5.74) is 6.59. The van der Waals surface area contributed by atoms with Crippen LogP contribution in [-0.2, 0) is 16.0 Å². The molecule has 0 radical (unpaired) electrons. The number of thiazole rings is 1. The average molecular weight is 285 g/mol. The smallest absolute Gasteiger partial charge is 0.325 e. The number of aromatic nitrogens is 1. The minimum absolute atomic E-state index is 0.0684. The molecule has 1 aromatic heterocycles. The lowest BCUT2D eigenvalue weighted by atomic mass is 10.1. The fraction of sp³-hybridized carbons (Fsp3) is 0.583. The monoisotopic (exact) mass is 285 g/mol. The summed E-state index contributed by atoms with van der Waals surface area (Å²) >= 11 is 1.42. The molecule has 0 aromatic carbocycles. The van der Waals surface area contributed by atoms with E-state index >= 15 is 0 Å². The van der Waals surface area contributed by atoms with E-state index in [-0.39, 0.29) is 24.3 Å². The first-order valence-corrected chi connectivity index (χ1v) is 6.91. The number of nitrogens with zero attached hydrogens (tertiary/aromatic N) is 1. The van der Waals surface area contributed by atoms with Crippen LogP contribution in [0.1, 0.15) is 37.5 Å². The van der Waals surface area contributed by atoms with E-state index in [1.807, 2.05) is 13.8 Å². The van der Waals surface area contributed by atoms with Crippen LogP contribution in [0.2, 0.25) is 0 Å². The molecule has 0 aliphatic carbocycles. The molecular formula is C12H19N3O3S. The summed E-state index contributed by atoms with van der Waals surface area (Å²) in [6, 6.07) is -1.04. The number of rotatable bonds is 6. The van der Waals surface area contributed by atoms with Crippen molar-refractivity contribution in [3.63, 3.8) is 0 Å². The fourth-order valence-electron chi connectivity index (χ4n) is 1.36. The minimum Gasteiger partial charge on any atom is -0.480 e. The number of carbonyl (C=O) groups is 2. The van der Waals surface area contributed by atoms with Crippen molar-refractivity contribution >= 4 is 23.2 Å². The van der Waals surface area contributed by atoms with E-state index in [1.54, 1.807) is 5.38 Å². The van der Waals surface area contributed by atoms with E-state index in [0.29, 0.717) is 5.69 Å². The number of carbonyl (C=O) groups excluding carboxylic acids is 1. The van der Waals surface area contributed by atoms with Crippen LogP contribution in [0.4, 0.5) is 0 Å². The molecule has 6 nitrogen and oxygen atoms in total. The van der Waals surface area contributed by atoms with Crippen LogP contribution in [0.5, 0.6) is 0 Å². The standard InChI is InChI=1S/C12H19N3O3S/c1-6(2)10(13)11-15-8(5-19-11)4-9(16)14-7(3)12(17)18/h5-7,10H,4,13H2,1-3H3,(H,14,16)(H,17,18). The van der Waals surface area contributed by atoms with Crippen molar-refractivity contribution in [1.82, 2.24) is 10.3 Å². The number of nitrogens with two attached hydrogens (primary N) is 1. The van der Waals surface area contributed by atoms with Crippen LogP contribution in [0, 0.1) is 5.92 Å². The summed E-state index contributed by atoms with van der Waals surface area (Å²) < 4.78 is 0. The van der Waals surface area contributed by atoms with Crippen LogP contribution >= 0.6 is 11.3 Å².